The van der Waals surface area contributed by atoms with Crippen LogP contribution >= 0.6 is 11.6 Å². The summed E-state index contributed by atoms with van der Waals surface area (Å²) in [5, 5.41) is 5.27. The van der Waals surface area contributed by atoms with Gasteiger partial charge in [0.2, 0.25) is 0 Å². The van der Waals surface area contributed by atoms with Crippen LogP contribution in [0, 0.1) is 13.8 Å². The van der Waals surface area contributed by atoms with Crippen molar-refractivity contribution in [1.29, 1.82) is 0 Å². The third-order valence-electron chi connectivity index (χ3n) is 3.66. The van der Waals surface area contributed by atoms with Crippen LogP contribution in [0.1, 0.15) is 29.9 Å². The average molecular weight is 312 g/mol. The van der Waals surface area contributed by atoms with E-state index in [0.717, 1.165) is 33.1 Å². The molecule has 3 rings (SSSR count). The molecule has 0 aliphatic carbocycles. The molecule has 1 heterocycles. The second-order valence-corrected chi connectivity index (χ2v) is 6.00. The van der Waals surface area contributed by atoms with E-state index in [2.05, 4.69) is 47.3 Å². The molecule has 0 amide bonds. The third-order valence-corrected chi connectivity index (χ3v) is 3.90. The van der Waals surface area contributed by atoms with Gasteiger partial charge in [0, 0.05) is 10.4 Å². The van der Waals surface area contributed by atoms with Crippen molar-refractivity contribution in [1.82, 2.24) is 9.97 Å². The lowest BCUT2D eigenvalue weighted by molar-refractivity contribution is 0.872. The largest absolute Gasteiger partial charge is 0.363 e. The van der Waals surface area contributed by atoms with E-state index in [1.54, 1.807) is 0 Å². The fraction of sp³-hybridized carbons (Fsp3) is 0.222. The number of hydrogen-bond donors (Lipinski definition) is 1. The van der Waals surface area contributed by atoms with Crippen molar-refractivity contribution in [2.24, 2.45) is 0 Å². The number of aryl methyl sites for hydroxylation is 2. The van der Waals surface area contributed by atoms with Crippen LogP contribution in [0.4, 0.5) is 5.82 Å². The molecule has 112 valence electrons. The summed E-state index contributed by atoms with van der Waals surface area (Å²) >= 11 is 6.08. The van der Waals surface area contributed by atoms with Gasteiger partial charge in [-0.05, 0) is 50.6 Å². The van der Waals surface area contributed by atoms with Crippen LogP contribution in [-0.2, 0) is 0 Å². The smallest absolute Gasteiger partial charge is 0.138 e. The molecule has 0 fully saturated rings. The third kappa shape index (κ3) is 3.04. The van der Waals surface area contributed by atoms with Crippen molar-refractivity contribution in [3.63, 3.8) is 0 Å². The van der Waals surface area contributed by atoms with Gasteiger partial charge in [0.15, 0.2) is 0 Å². The van der Waals surface area contributed by atoms with Crippen molar-refractivity contribution >= 4 is 28.3 Å². The highest BCUT2D eigenvalue weighted by Gasteiger charge is 2.11. The van der Waals surface area contributed by atoms with E-state index in [-0.39, 0.29) is 6.04 Å². The van der Waals surface area contributed by atoms with Gasteiger partial charge in [0.1, 0.15) is 11.6 Å². The molecule has 2 aromatic carbocycles. The highest BCUT2D eigenvalue weighted by molar-refractivity contribution is 6.30. The molecule has 1 aromatic heterocycles. The number of anilines is 1. The highest BCUT2D eigenvalue weighted by Crippen LogP contribution is 2.26. The molecule has 1 atom stereocenters. The first-order valence-electron chi connectivity index (χ1n) is 7.30. The molecule has 0 aliphatic rings. The lowest BCUT2D eigenvalue weighted by Gasteiger charge is -2.17. The molecule has 1 N–H and O–H groups in total. The molecular weight excluding hydrogens is 294 g/mol. The zero-order valence-corrected chi connectivity index (χ0v) is 13.6. The topological polar surface area (TPSA) is 37.8 Å². The van der Waals surface area contributed by atoms with Crippen LogP contribution in [0.25, 0.3) is 10.9 Å². The summed E-state index contributed by atoms with van der Waals surface area (Å²) in [5.41, 5.74) is 3.28. The average Bonchev–Trinajstić information content (AvgIpc) is 2.48. The zero-order chi connectivity index (χ0) is 15.7. The lowest BCUT2D eigenvalue weighted by Crippen LogP contribution is -2.09. The van der Waals surface area contributed by atoms with Gasteiger partial charge in [0.25, 0.3) is 0 Å². The first-order valence-corrected chi connectivity index (χ1v) is 7.68. The van der Waals surface area contributed by atoms with Crippen LogP contribution in [0.2, 0.25) is 5.02 Å². The number of nitrogens with one attached hydrogen (secondary N) is 1. The molecule has 0 spiro atoms. The second-order valence-electron chi connectivity index (χ2n) is 5.56. The van der Waals surface area contributed by atoms with Gasteiger partial charge >= 0.3 is 0 Å². The van der Waals surface area contributed by atoms with Gasteiger partial charge in [-0.3, -0.25) is 0 Å². The summed E-state index contributed by atoms with van der Waals surface area (Å²) in [6, 6.07) is 14.2. The Morgan fingerprint density at radius 3 is 2.64 bits per heavy atom. The second kappa shape index (κ2) is 5.93. The Kier molecular flexibility index (Phi) is 3.99. The molecule has 0 radical (unpaired) electrons. The molecule has 0 bridgehead atoms. The van der Waals surface area contributed by atoms with E-state index in [1.807, 2.05) is 31.2 Å². The number of fused-ring (bicyclic) bond motifs is 1. The standard InChI is InChI=1S/C18H18ClN3/c1-11-7-8-17-16(9-11)18(22-13(3)21-17)20-12(2)14-5-4-6-15(19)10-14/h4-10,12H,1-3H3,(H,20,21,22). The molecule has 0 saturated carbocycles. The maximum absolute atomic E-state index is 6.08. The van der Waals surface area contributed by atoms with Gasteiger partial charge in [-0.25, -0.2) is 9.97 Å². The molecule has 3 aromatic rings. The maximum atomic E-state index is 6.08. The van der Waals surface area contributed by atoms with Crippen molar-refractivity contribution in [3.05, 3.63) is 64.4 Å². The zero-order valence-electron chi connectivity index (χ0n) is 12.9. The molecular formula is C18H18ClN3. The number of aromatic nitrogens is 2. The van der Waals surface area contributed by atoms with Crippen LogP contribution < -0.4 is 5.32 Å². The quantitative estimate of drug-likeness (QED) is 0.733. The van der Waals surface area contributed by atoms with Crippen LogP contribution in [-0.4, -0.2) is 9.97 Å². The molecule has 22 heavy (non-hydrogen) atoms. The van der Waals surface area contributed by atoms with Gasteiger partial charge in [0.05, 0.1) is 11.6 Å². The predicted octanol–water partition coefficient (Wildman–Crippen LogP) is 5.07. The summed E-state index contributed by atoms with van der Waals surface area (Å²) in [7, 11) is 0. The SMILES string of the molecule is Cc1ccc2nc(C)nc(NC(C)c3cccc(Cl)c3)c2c1. The Morgan fingerprint density at radius 1 is 1.05 bits per heavy atom. The number of hydrogen-bond acceptors (Lipinski definition) is 3. The molecule has 0 aliphatic heterocycles. The minimum absolute atomic E-state index is 0.108. The first kappa shape index (κ1) is 14.8. The van der Waals surface area contributed by atoms with E-state index in [1.165, 1.54) is 5.56 Å². The van der Waals surface area contributed by atoms with Gasteiger partial charge < -0.3 is 5.32 Å². The van der Waals surface area contributed by atoms with E-state index in [9.17, 15) is 0 Å². The van der Waals surface area contributed by atoms with Crippen molar-refractivity contribution < 1.29 is 0 Å². The maximum Gasteiger partial charge on any atom is 0.138 e. The predicted molar refractivity (Wildman–Crippen MR) is 92.5 cm³/mol. The van der Waals surface area contributed by atoms with Gasteiger partial charge in [-0.1, -0.05) is 35.4 Å². The molecule has 4 heteroatoms. The Morgan fingerprint density at radius 2 is 1.86 bits per heavy atom. The molecule has 1 unspecified atom stereocenters. The molecule has 3 nitrogen and oxygen atoms in total. The van der Waals surface area contributed by atoms with Gasteiger partial charge in [-0.15, -0.1) is 0 Å². The van der Waals surface area contributed by atoms with E-state index < -0.39 is 0 Å². The number of benzene rings is 2. The van der Waals surface area contributed by atoms with Crippen molar-refractivity contribution in [2.75, 3.05) is 5.32 Å². The van der Waals surface area contributed by atoms with Gasteiger partial charge in [-0.2, -0.15) is 0 Å². The summed E-state index contributed by atoms with van der Waals surface area (Å²) in [6.45, 7) is 6.09. The van der Waals surface area contributed by atoms with Crippen molar-refractivity contribution in [2.45, 2.75) is 26.8 Å². The summed E-state index contributed by atoms with van der Waals surface area (Å²) in [4.78, 5) is 9.07. The number of nitrogens with zero attached hydrogens (tertiary/aromatic N) is 2. The minimum Gasteiger partial charge on any atom is -0.363 e. The van der Waals surface area contributed by atoms with E-state index in [4.69, 9.17) is 11.6 Å². The first-order chi connectivity index (χ1) is 10.5. The Labute approximate surface area is 135 Å². The lowest BCUT2D eigenvalue weighted by atomic mass is 10.1. The highest BCUT2D eigenvalue weighted by atomic mass is 35.5. The number of rotatable bonds is 3. The Bertz CT molecular complexity index is 830. The van der Waals surface area contributed by atoms with E-state index in [0.29, 0.717) is 0 Å². The normalized spacial score (nSPS) is 12.4. The van der Waals surface area contributed by atoms with E-state index >= 15 is 0 Å². The molecule has 0 saturated heterocycles. The van der Waals surface area contributed by atoms with Crippen LogP contribution in [0.15, 0.2) is 42.5 Å². The van der Waals surface area contributed by atoms with Crippen molar-refractivity contribution in [3.8, 4) is 0 Å². The number of halogens is 1. The Hall–Kier alpha value is -2.13. The monoisotopic (exact) mass is 311 g/mol. The summed E-state index contributed by atoms with van der Waals surface area (Å²) in [6.07, 6.45) is 0. The Balaban J connectivity index is 2.01. The minimum atomic E-state index is 0.108. The van der Waals surface area contributed by atoms with Crippen LogP contribution in [0.5, 0.6) is 0 Å². The fourth-order valence-electron chi connectivity index (χ4n) is 2.53. The van der Waals surface area contributed by atoms with Crippen LogP contribution in [0.3, 0.4) is 0 Å². The summed E-state index contributed by atoms with van der Waals surface area (Å²) in [5.74, 6) is 1.62. The fourth-order valence-corrected chi connectivity index (χ4v) is 2.73. The summed E-state index contributed by atoms with van der Waals surface area (Å²) < 4.78 is 0.